The lowest BCUT2D eigenvalue weighted by Gasteiger charge is -2.43. The minimum Gasteiger partial charge on any atom is -0.534 e. The van der Waals surface area contributed by atoms with Crippen LogP contribution in [0.2, 0.25) is 5.04 Å². The first-order valence-electron chi connectivity index (χ1n) is 11.9. The number of ether oxygens (including phenoxy) is 1. The van der Waals surface area contributed by atoms with Crippen molar-refractivity contribution in [2.75, 3.05) is 6.61 Å². The van der Waals surface area contributed by atoms with Crippen molar-refractivity contribution in [3.63, 3.8) is 0 Å². The molecule has 0 heterocycles. The molecule has 0 unspecified atom stereocenters. The third-order valence-corrected chi connectivity index (χ3v) is 11.6. The van der Waals surface area contributed by atoms with Crippen LogP contribution in [0.4, 0.5) is 0 Å². The number of ketones is 1. The van der Waals surface area contributed by atoms with Gasteiger partial charge >= 0.3 is 14.3 Å². The molecule has 5 heteroatoms. The van der Waals surface area contributed by atoms with E-state index in [0.717, 1.165) is 11.3 Å². The second-order valence-corrected chi connectivity index (χ2v) is 14.0. The Morgan fingerprint density at radius 1 is 0.912 bits per heavy atom. The molecule has 1 aliphatic carbocycles. The fourth-order valence-electron chi connectivity index (χ4n) is 5.04. The topological polar surface area (TPSA) is 52.6 Å². The molecule has 0 fully saturated rings. The first-order valence-corrected chi connectivity index (χ1v) is 13.8. The number of Topliss-reactive ketones (excluding diaryl/α,β-unsaturated/α-hetero) is 1. The zero-order chi connectivity index (χ0) is 24.3. The molecule has 0 saturated heterocycles. The number of carbonyl (C=O) groups is 2. The Balaban J connectivity index is 1.85. The summed E-state index contributed by atoms with van der Waals surface area (Å²) in [5.74, 6) is -0.609. The van der Waals surface area contributed by atoms with Gasteiger partial charge in [0.1, 0.15) is 11.7 Å². The van der Waals surface area contributed by atoms with E-state index in [1.54, 1.807) is 13.0 Å². The van der Waals surface area contributed by atoms with Gasteiger partial charge in [-0.3, -0.25) is 9.59 Å². The summed E-state index contributed by atoms with van der Waals surface area (Å²) in [4.78, 5) is 25.6. The highest BCUT2D eigenvalue weighted by atomic mass is 28.4. The van der Waals surface area contributed by atoms with E-state index in [-0.39, 0.29) is 17.4 Å². The molecule has 0 N–H and O–H groups in total. The molecule has 3 aromatic rings. The summed E-state index contributed by atoms with van der Waals surface area (Å²) >= 11 is 0. The van der Waals surface area contributed by atoms with E-state index in [0.29, 0.717) is 18.4 Å². The number of fused-ring (bicyclic) bond motifs is 1. The highest BCUT2D eigenvalue weighted by molar-refractivity contribution is 7.00. The summed E-state index contributed by atoms with van der Waals surface area (Å²) < 4.78 is 12.4. The molecule has 0 aliphatic heterocycles. The van der Waals surface area contributed by atoms with Crippen LogP contribution in [0.25, 0.3) is 0 Å². The maximum atomic E-state index is 13.2. The molecule has 0 bridgehead atoms. The first-order chi connectivity index (χ1) is 16.3. The molecule has 0 spiro atoms. The largest absolute Gasteiger partial charge is 0.534 e. The van der Waals surface area contributed by atoms with Crippen molar-refractivity contribution in [1.29, 1.82) is 0 Å². The maximum Gasteiger partial charge on any atom is 0.319 e. The number of esters is 1. The average Bonchev–Trinajstić information content (AvgIpc) is 2.83. The Labute approximate surface area is 203 Å². The molecule has 0 amide bonds. The molecular weight excluding hydrogens is 440 g/mol. The molecule has 1 aliphatic rings. The number of hydrogen-bond acceptors (Lipinski definition) is 4. The van der Waals surface area contributed by atoms with Crippen LogP contribution >= 0.6 is 0 Å². The third-order valence-electron chi connectivity index (χ3n) is 6.65. The third kappa shape index (κ3) is 4.21. The van der Waals surface area contributed by atoms with Crippen molar-refractivity contribution in [2.45, 2.75) is 45.6 Å². The molecule has 4 rings (SSSR count). The van der Waals surface area contributed by atoms with Crippen LogP contribution in [-0.4, -0.2) is 26.7 Å². The summed E-state index contributed by atoms with van der Waals surface area (Å²) in [6.07, 6.45) is 1.03. The molecule has 4 nitrogen and oxygen atoms in total. The Bertz CT molecular complexity index is 1130. The van der Waals surface area contributed by atoms with Crippen LogP contribution in [0.5, 0.6) is 5.75 Å². The van der Waals surface area contributed by atoms with Gasteiger partial charge in [-0.1, -0.05) is 93.6 Å². The summed E-state index contributed by atoms with van der Waals surface area (Å²) in [6.45, 7) is 8.73. The van der Waals surface area contributed by atoms with E-state index >= 15 is 0 Å². The van der Waals surface area contributed by atoms with Gasteiger partial charge in [0.15, 0.2) is 5.78 Å². The van der Waals surface area contributed by atoms with Crippen LogP contribution in [0.1, 0.15) is 50.0 Å². The summed E-state index contributed by atoms with van der Waals surface area (Å²) in [5, 5.41) is 2.17. The second-order valence-electron chi connectivity index (χ2n) is 9.76. The van der Waals surface area contributed by atoms with Crippen LogP contribution in [0, 0.1) is 5.92 Å². The summed E-state index contributed by atoms with van der Waals surface area (Å²) in [5.41, 5.74) is 1.46. The number of hydrogen-bond donors (Lipinski definition) is 0. The second kappa shape index (κ2) is 9.59. The van der Waals surface area contributed by atoms with Gasteiger partial charge in [0.05, 0.1) is 6.61 Å². The van der Waals surface area contributed by atoms with Crippen molar-refractivity contribution < 1.29 is 18.8 Å². The van der Waals surface area contributed by atoms with Gasteiger partial charge in [-0.2, -0.15) is 0 Å². The van der Waals surface area contributed by atoms with Crippen molar-refractivity contribution in [3.05, 3.63) is 90.0 Å². The summed E-state index contributed by atoms with van der Waals surface area (Å²) in [6, 6.07) is 26.5. The lowest BCUT2D eigenvalue weighted by Crippen LogP contribution is -2.69. The van der Waals surface area contributed by atoms with Gasteiger partial charge in [-0.25, -0.2) is 0 Å². The molecule has 34 heavy (non-hydrogen) atoms. The predicted octanol–water partition coefficient (Wildman–Crippen LogP) is 4.93. The highest BCUT2D eigenvalue weighted by Crippen LogP contribution is 2.40. The van der Waals surface area contributed by atoms with E-state index in [9.17, 15) is 9.59 Å². The quantitative estimate of drug-likeness (QED) is 0.290. The first kappa shape index (κ1) is 24.0. The molecule has 3 aromatic carbocycles. The lowest BCUT2D eigenvalue weighted by molar-refractivity contribution is -0.146. The monoisotopic (exact) mass is 472 g/mol. The van der Waals surface area contributed by atoms with Crippen LogP contribution in [-0.2, 0) is 16.0 Å². The molecule has 1 atom stereocenters. The van der Waals surface area contributed by atoms with E-state index < -0.39 is 20.2 Å². The summed E-state index contributed by atoms with van der Waals surface area (Å²) in [7, 11) is -2.83. The van der Waals surface area contributed by atoms with E-state index in [1.807, 2.05) is 24.3 Å². The van der Waals surface area contributed by atoms with Gasteiger partial charge < -0.3 is 9.16 Å². The minimum absolute atomic E-state index is 0.174. The van der Waals surface area contributed by atoms with Gasteiger partial charge in [0.25, 0.3) is 0 Å². The standard InChI is InChI=1S/C29H32O4Si/c1-5-32-28(31)25-20-19-23-24(27(25)30)17-12-18-26(23)33-34(29(2,3)4,21-13-8-6-9-14-21)22-15-10-7-11-16-22/h6-18,25H,5,19-20H2,1-4H3/t25-/m0/s1. The molecular formula is C29H32O4Si. The number of rotatable bonds is 6. The number of carbonyl (C=O) groups excluding carboxylic acids is 2. The van der Waals surface area contributed by atoms with Gasteiger partial charge in [0, 0.05) is 11.1 Å². The van der Waals surface area contributed by atoms with E-state index in [2.05, 4.69) is 69.3 Å². The van der Waals surface area contributed by atoms with Crippen molar-refractivity contribution >= 4 is 30.4 Å². The Kier molecular flexibility index (Phi) is 6.76. The molecule has 0 radical (unpaired) electrons. The smallest absolute Gasteiger partial charge is 0.319 e. The van der Waals surface area contributed by atoms with Crippen LogP contribution < -0.4 is 14.8 Å². The Morgan fingerprint density at radius 2 is 1.50 bits per heavy atom. The normalized spacial score (nSPS) is 16.0. The van der Waals surface area contributed by atoms with Crippen LogP contribution in [0.3, 0.4) is 0 Å². The zero-order valence-corrected chi connectivity index (χ0v) is 21.3. The average molecular weight is 473 g/mol. The molecule has 0 aromatic heterocycles. The SMILES string of the molecule is CCOC(=O)[C@H]1CCc2c(O[Si](c3ccccc3)(c3ccccc3)C(C)(C)C)cccc2C1=O. The van der Waals surface area contributed by atoms with E-state index in [4.69, 9.17) is 9.16 Å². The Hall–Kier alpha value is -3.18. The fraction of sp³-hybridized carbons (Fsp3) is 0.310. The van der Waals surface area contributed by atoms with E-state index in [1.165, 1.54) is 10.4 Å². The fourth-order valence-corrected chi connectivity index (χ4v) is 9.49. The Morgan fingerprint density at radius 3 is 2.03 bits per heavy atom. The zero-order valence-electron chi connectivity index (χ0n) is 20.3. The number of benzene rings is 3. The highest BCUT2D eigenvalue weighted by Gasteiger charge is 2.52. The maximum absolute atomic E-state index is 13.2. The molecule has 176 valence electrons. The van der Waals surface area contributed by atoms with Crippen LogP contribution in [0.15, 0.2) is 78.9 Å². The van der Waals surface area contributed by atoms with Gasteiger partial charge in [-0.15, -0.1) is 0 Å². The van der Waals surface area contributed by atoms with Crippen molar-refractivity contribution in [2.24, 2.45) is 5.92 Å². The molecule has 0 saturated carbocycles. The minimum atomic E-state index is -2.83. The van der Waals surface area contributed by atoms with Gasteiger partial charge in [0.2, 0.25) is 0 Å². The predicted molar refractivity (Wildman–Crippen MR) is 137 cm³/mol. The lowest BCUT2D eigenvalue weighted by atomic mass is 9.82. The van der Waals surface area contributed by atoms with Crippen molar-refractivity contribution in [3.8, 4) is 5.75 Å². The van der Waals surface area contributed by atoms with Crippen molar-refractivity contribution in [1.82, 2.24) is 0 Å². The van der Waals surface area contributed by atoms with Gasteiger partial charge in [-0.05, 0) is 41.2 Å².